The number of carbonyl (C=O) groups is 2. The van der Waals surface area contributed by atoms with Gasteiger partial charge in [0.1, 0.15) is 5.69 Å². The molecule has 0 saturated heterocycles. The Labute approximate surface area is 135 Å². The molecule has 0 spiro atoms. The molecule has 0 atom stereocenters. The van der Waals surface area contributed by atoms with Crippen LogP contribution >= 0.6 is 0 Å². The van der Waals surface area contributed by atoms with Crippen LogP contribution in [0.3, 0.4) is 0 Å². The van der Waals surface area contributed by atoms with Gasteiger partial charge in [-0.15, -0.1) is 0 Å². The third-order valence-electron chi connectivity index (χ3n) is 3.16. The van der Waals surface area contributed by atoms with Gasteiger partial charge in [-0.1, -0.05) is 51.1 Å². The highest BCUT2D eigenvalue weighted by Gasteiger charge is 2.21. The van der Waals surface area contributed by atoms with Crippen LogP contribution in [0.4, 0.5) is 0 Å². The molecule has 3 N–H and O–H groups in total. The minimum Gasteiger partial charge on any atom is -0.350 e. The minimum absolute atomic E-state index is 0.0400. The van der Waals surface area contributed by atoms with Crippen molar-refractivity contribution in [3.8, 4) is 0 Å². The quantitative estimate of drug-likeness (QED) is 0.790. The lowest BCUT2D eigenvalue weighted by molar-refractivity contribution is 0.0905. The lowest BCUT2D eigenvalue weighted by atomic mass is 9.97. The summed E-state index contributed by atoms with van der Waals surface area (Å²) in [6.45, 7) is 6.95. The van der Waals surface area contributed by atoms with Gasteiger partial charge in [-0.2, -0.15) is 0 Å². The Bertz CT molecular complexity index is 671. The van der Waals surface area contributed by atoms with Crippen LogP contribution in [0.1, 0.15) is 47.3 Å². The first-order valence-corrected chi connectivity index (χ1v) is 7.50. The van der Waals surface area contributed by atoms with Crippen LogP contribution in [-0.4, -0.2) is 28.3 Å². The summed E-state index contributed by atoms with van der Waals surface area (Å²) in [4.78, 5) is 31.1. The Hall–Kier alpha value is -2.63. The Morgan fingerprint density at radius 2 is 1.78 bits per heavy atom. The summed E-state index contributed by atoms with van der Waals surface area (Å²) in [6.07, 6.45) is 1.35. The van der Waals surface area contributed by atoms with Gasteiger partial charge in [0, 0.05) is 13.1 Å². The van der Waals surface area contributed by atoms with Crippen LogP contribution in [0.2, 0.25) is 0 Å². The number of H-pyrrole nitrogens is 1. The molecule has 2 aromatic rings. The molecule has 0 radical (unpaired) electrons. The molecule has 2 rings (SSSR count). The van der Waals surface area contributed by atoms with E-state index < -0.39 is 0 Å². The van der Waals surface area contributed by atoms with Crippen molar-refractivity contribution in [2.24, 2.45) is 5.41 Å². The average Bonchev–Trinajstić information content (AvgIpc) is 3.00. The highest BCUT2D eigenvalue weighted by Crippen LogP contribution is 2.11. The second-order valence-electron chi connectivity index (χ2n) is 6.54. The van der Waals surface area contributed by atoms with E-state index in [0.29, 0.717) is 13.1 Å². The molecule has 0 aliphatic heterocycles. The minimum atomic E-state index is -0.356. The van der Waals surface area contributed by atoms with Gasteiger partial charge in [-0.25, -0.2) is 4.98 Å². The highest BCUT2D eigenvalue weighted by atomic mass is 16.2. The molecule has 0 fully saturated rings. The van der Waals surface area contributed by atoms with E-state index in [1.807, 2.05) is 51.1 Å². The van der Waals surface area contributed by atoms with Gasteiger partial charge >= 0.3 is 0 Å². The summed E-state index contributed by atoms with van der Waals surface area (Å²) in [5.41, 5.74) is 1.23. The molecule has 0 aliphatic carbocycles. The van der Waals surface area contributed by atoms with Crippen molar-refractivity contribution in [3.05, 3.63) is 53.6 Å². The zero-order valence-corrected chi connectivity index (χ0v) is 13.6. The third-order valence-corrected chi connectivity index (χ3v) is 3.16. The van der Waals surface area contributed by atoms with Gasteiger partial charge in [0.15, 0.2) is 5.69 Å². The maximum atomic E-state index is 12.2. The van der Waals surface area contributed by atoms with Crippen molar-refractivity contribution in [1.82, 2.24) is 20.6 Å². The molecule has 0 aliphatic rings. The summed E-state index contributed by atoms with van der Waals surface area (Å²) in [7, 11) is 0. The third kappa shape index (κ3) is 4.95. The van der Waals surface area contributed by atoms with Gasteiger partial charge in [-0.05, 0) is 11.0 Å². The predicted octanol–water partition coefficient (Wildman–Crippen LogP) is 2.12. The Morgan fingerprint density at radius 1 is 1.09 bits per heavy atom. The molecule has 2 amide bonds. The number of benzene rings is 1. The van der Waals surface area contributed by atoms with Crippen molar-refractivity contribution in [1.29, 1.82) is 0 Å². The summed E-state index contributed by atoms with van der Waals surface area (Å²) < 4.78 is 0. The fourth-order valence-electron chi connectivity index (χ4n) is 1.94. The first kappa shape index (κ1) is 16.7. The summed E-state index contributed by atoms with van der Waals surface area (Å²) >= 11 is 0. The van der Waals surface area contributed by atoms with Crippen molar-refractivity contribution < 1.29 is 9.59 Å². The number of carbonyl (C=O) groups excluding carboxylic acids is 2. The largest absolute Gasteiger partial charge is 0.350 e. The van der Waals surface area contributed by atoms with Crippen molar-refractivity contribution in [2.45, 2.75) is 27.3 Å². The average molecular weight is 314 g/mol. The normalized spacial score (nSPS) is 11.1. The van der Waals surface area contributed by atoms with Crippen LogP contribution in [0.15, 0.2) is 36.7 Å². The van der Waals surface area contributed by atoms with E-state index >= 15 is 0 Å². The molecule has 0 bridgehead atoms. The van der Waals surface area contributed by atoms with E-state index in [-0.39, 0.29) is 28.6 Å². The maximum absolute atomic E-state index is 12.2. The number of aromatic amines is 1. The number of aromatic nitrogens is 2. The highest BCUT2D eigenvalue weighted by molar-refractivity contribution is 6.04. The van der Waals surface area contributed by atoms with Crippen molar-refractivity contribution in [2.75, 3.05) is 6.54 Å². The van der Waals surface area contributed by atoms with Crippen molar-refractivity contribution >= 4 is 11.8 Å². The van der Waals surface area contributed by atoms with E-state index in [9.17, 15) is 9.59 Å². The first-order chi connectivity index (χ1) is 10.9. The second kappa shape index (κ2) is 7.09. The fraction of sp³-hybridized carbons (Fsp3) is 0.353. The number of hydrogen-bond acceptors (Lipinski definition) is 3. The lowest BCUT2D eigenvalue weighted by Crippen LogP contribution is -2.34. The van der Waals surface area contributed by atoms with E-state index in [0.717, 1.165) is 5.56 Å². The zero-order chi connectivity index (χ0) is 16.9. The fourth-order valence-corrected chi connectivity index (χ4v) is 1.94. The SMILES string of the molecule is CC(C)(C)CNC(=O)c1nc[nH]c1C(=O)NCc1ccccc1. The molecule has 0 unspecified atom stereocenters. The molecule has 6 nitrogen and oxygen atoms in total. The molecular weight excluding hydrogens is 292 g/mol. The summed E-state index contributed by atoms with van der Waals surface area (Å²) in [5.74, 6) is -0.710. The number of hydrogen-bond donors (Lipinski definition) is 3. The molecule has 1 heterocycles. The summed E-state index contributed by atoms with van der Waals surface area (Å²) in [6, 6.07) is 9.57. The van der Waals surface area contributed by atoms with Gasteiger partial charge in [0.05, 0.1) is 6.33 Å². The smallest absolute Gasteiger partial charge is 0.272 e. The molecule has 1 aromatic carbocycles. The van der Waals surface area contributed by atoms with Crippen LogP contribution in [0.25, 0.3) is 0 Å². The lowest BCUT2D eigenvalue weighted by Gasteiger charge is -2.18. The van der Waals surface area contributed by atoms with Gasteiger partial charge in [0.25, 0.3) is 11.8 Å². The first-order valence-electron chi connectivity index (χ1n) is 7.50. The second-order valence-corrected chi connectivity index (χ2v) is 6.54. The summed E-state index contributed by atoms with van der Waals surface area (Å²) in [5, 5.41) is 5.57. The zero-order valence-electron chi connectivity index (χ0n) is 13.6. The van der Waals surface area contributed by atoms with Gasteiger partial charge < -0.3 is 15.6 Å². The topological polar surface area (TPSA) is 86.9 Å². The van der Waals surface area contributed by atoms with E-state index in [2.05, 4.69) is 20.6 Å². The van der Waals surface area contributed by atoms with Crippen LogP contribution < -0.4 is 10.6 Å². The number of nitrogens with one attached hydrogen (secondary N) is 3. The van der Waals surface area contributed by atoms with Gasteiger partial charge in [0.2, 0.25) is 0 Å². The van der Waals surface area contributed by atoms with Crippen LogP contribution in [-0.2, 0) is 6.54 Å². The van der Waals surface area contributed by atoms with Crippen LogP contribution in [0.5, 0.6) is 0 Å². The molecular formula is C17H22N4O2. The maximum Gasteiger partial charge on any atom is 0.272 e. The monoisotopic (exact) mass is 314 g/mol. The van der Waals surface area contributed by atoms with E-state index in [4.69, 9.17) is 0 Å². The molecule has 1 aromatic heterocycles. The number of amides is 2. The van der Waals surface area contributed by atoms with E-state index in [1.165, 1.54) is 6.33 Å². The number of rotatable bonds is 5. The Balaban J connectivity index is 1.99. The Morgan fingerprint density at radius 3 is 2.43 bits per heavy atom. The predicted molar refractivity (Wildman–Crippen MR) is 88.0 cm³/mol. The number of imidazole rings is 1. The van der Waals surface area contributed by atoms with E-state index in [1.54, 1.807) is 0 Å². The van der Waals surface area contributed by atoms with Crippen LogP contribution in [0, 0.1) is 5.41 Å². The molecule has 6 heteroatoms. The molecule has 0 saturated carbocycles. The Kier molecular flexibility index (Phi) is 5.16. The molecule has 122 valence electrons. The van der Waals surface area contributed by atoms with Gasteiger partial charge in [-0.3, -0.25) is 9.59 Å². The van der Waals surface area contributed by atoms with Crippen molar-refractivity contribution in [3.63, 3.8) is 0 Å². The number of nitrogens with zero attached hydrogens (tertiary/aromatic N) is 1. The standard InChI is InChI=1S/C17H22N4O2/c1-17(2,3)10-19-16(23)14-13(20-11-21-14)15(22)18-9-12-7-5-4-6-8-12/h4-8,11H,9-10H2,1-3H3,(H,18,22)(H,19,23)(H,20,21). The molecule has 23 heavy (non-hydrogen) atoms.